The number of ether oxygens (including phenoxy) is 1. The molecule has 0 saturated heterocycles. The number of nitrogens with zero attached hydrogens (tertiary/aromatic N) is 2. The van der Waals surface area contributed by atoms with Crippen LogP contribution in [0.4, 0.5) is 26.0 Å². The summed E-state index contributed by atoms with van der Waals surface area (Å²) in [7, 11) is 0. The van der Waals surface area contributed by atoms with Gasteiger partial charge in [-0.25, -0.2) is 13.8 Å². The Hall–Kier alpha value is -1.96. The molecule has 8 heteroatoms. The highest BCUT2D eigenvalue weighted by Gasteiger charge is 2.15. The lowest BCUT2D eigenvalue weighted by molar-refractivity contribution is 0.307. The predicted molar refractivity (Wildman–Crippen MR) is 79.6 cm³/mol. The van der Waals surface area contributed by atoms with Gasteiger partial charge in [-0.1, -0.05) is 22.9 Å². The van der Waals surface area contributed by atoms with Gasteiger partial charge in [0.05, 0.1) is 6.61 Å². The van der Waals surface area contributed by atoms with Crippen molar-refractivity contribution in [3.05, 3.63) is 34.6 Å². The van der Waals surface area contributed by atoms with Crippen molar-refractivity contribution in [3.63, 3.8) is 0 Å². The fourth-order valence-electron chi connectivity index (χ4n) is 1.57. The molecule has 0 bridgehead atoms. The van der Waals surface area contributed by atoms with E-state index in [1.807, 2.05) is 6.92 Å². The van der Waals surface area contributed by atoms with Crippen LogP contribution in [0.1, 0.15) is 13.3 Å². The Morgan fingerprint density at radius 2 is 1.95 bits per heavy atom. The van der Waals surface area contributed by atoms with Gasteiger partial charge >= 0.3 is 0 Å². The maximum absolute atomic E-state index is 13.8. The molecular formula is C13H13BrF2N4O. The second-order valence-electron chi connectivity index (χ2n) is 4.16. The number of anilines is 3. The molecule has 112 valence electrons. The zero-order chi connectivity index (χ0) is 15.4. The van der Waals surface area contributed by atoms with Crippen LogP contribution in [-0.2, 0) is 0 Å². The minimum atomic E-state index is -0.768. The van der Waals surface area contributed by atoms with E-state index in [9.17, 15) is 8.78 Å². The Morgan fingerprint density at radius 1 is 1.29 bits per heavy atom. The summed E-state index contributed by atoms with van der Waals surface area (Å²) in [6, 6.07) is 2.27. The summed E-state index contributed by atoms with van der Waals surface area (Å²) in [5, 5.41) is 2.53. The van der Waals surface area contributed by atoms with Gasteiger partial charge in [0.1, 0.15) is 17.7 Å². The summed E-state index contributed by atoms with van der Waals surface area (Å²) in [6.45, 7) is 2.37. The fraction of sp³-hybridized carbons (Fsp3) is 0.231. The first-order valence-electron chi connectivity index (χ1n) is 6.17. The van der Waals surface area contributed by atoms with E-state index in [1.165, 1.54) is 6.33 Å². The van der Waals surface area contributed by atoms with Crippen LogP contribution < -0.4 is 15.8 Å². The number of nitrogens with one attached hydrogen (secondary N) is 1. The second kappa shape index (κ2) is 6.66. The highest BCUT2D eigenvalue weighted by atomic mass is 79.9. The van der Waals surface area contributed by atoms with Crippen molar-refractivity contribution in [1.29, 1.82) is 0 Å². The number of rotatable bonds is 5. The van der Waals surface area contributed by atoms with Gasteiger partial charge in [-0.15, -0.1) is 0 Å². The van der Waals surface area contributed by atoms with Gasteiger partial charge in [-0.3, -0.25) is 0 Å². The number of hydrogen-bond donors (Lipinski definition) is 2. The Morgan fingerprint density at radius 3 is 2.57 bits per heavy atom. The van der Waals surface area contributed by atoms with Crippen LogP contribution in [0.3, 0.4) is 0 Å². The van der Waals surface area contributed by atoms with Gasteiger partial charge in [-0.2, -0.15) is 4.98 Å². The van der Waals surface area contributed by atoms with Crippen molar-refractivity contribution in [2.24, 2.45) is 0 Å². The minimum Gasteiger partial charge on any atom is -0.476 e. The number of halogens is 3. The molecule has 21 heavy (non-hydrogen) atoms. The molecule has 0 aliphatic carbocycles. The number of nitrogen functional groups attached to an aromatic ring is 1. The van der Waals surface area contributed by atoms with E-state index in [-0.39, 0.29) is 23.1 Å². The molecule has 0 spiro atoms. The maximum Gasteiger partial charge on any atom is 0.242 e. The third kappa shape index (κ3) is 3.57. The van der Waals surface area contributed by atoms with Gasteiger partial charge in [-0.05, 0) is 18.6 Å². The maximum atomic E-state index is 13.8. The second-order valence-corrected chi connectivity index (χ2v) is 5.07. The number of nitrogens with two attached hydrogens (primary N) is 1. The van der Waals surface area contributed by atoms with Gasteiger partial charge in [0, 0.05) is 4.47 Å². The summed E-state index contributed by atoms with van der Waals surface area (Å²) in [5.74, 6) is -1.28. The molecule has 1 heterocycles. The van der Waals surface area contributed by atoms with Crippen molar-refractivity contribution < 1.29 is 13.5 Å². The average molecular weight is 359 g/mol. The Balaban J connectivity index is 2.32. The third-order valence-corrected chi connectivity index (χ3v) is 3.00. The topological polar surface area (TPSA) is 73.1 Å². The molecule has 0 aliphatic heterocycles. The molecule has 1 aromatic heterocycles. The van der Waals surface area contributed by atoms with E-state index in [4.69, 9.17) is 10.5 Å². The zero-order valence-corrected chi connectivity index (χ0v) is 12.7. The molecule has 0 radical (unpaired) electrons. The number of hydrogen-bond acceptors (Lipinski definition) is 5. The lowest BCUT2D eigenvalue weighted by atomic mass is 10.3. The van der Waals surface area contributed by atoms with E-state index in [2.05, 4.69) is 31.2 Å². The summed E-state index contributed by atoms with van der Waals surface area (Å²) < 4.78 is 33.2. The van der Waals surface area contributed by atoms with Crippen LogP contribution in [0, 0.1) is 11.6 Å². The molecular weight excluding hydrogens is 346 g/mol. The van der Waals surface area contributed by atoms with Gasteiger partial charge < -0.3 is 15.8 Å². The zero-order valence-electron chi connectivity index (χ0n) is 11.2. The van der Waals surface area contributed by atoms with Crippen LogP contribution in [-0.4, -0.2) is 16.6 Å². The van der Waals surface area contributed by atoms with E-state index in [0.29, 0.717) is 11.1 Å². The third-order valence-electron chi connectivity index (χ3n) is 2.54. The van der Waals surface area contributed by atoms with E-state index in [0.717, 1.165) is 18.6 Å². The van der Waals surface area contributed by atoms with Crippen LogP contribution in [0.15, 0.2) is 22.9 Å². The first kappa shape index (κ1) is 15.4. The first-order valence-corrected chi connectivity index (χ1v) is 6.97. The Bertz CT molecular complexity index is 631. The smallest absolute Gasteiger partial charge is 0.242 e. The molecule has 5 nitrogen and oxygen atoms in total. The molecule has 3 N–H and O–H groups in total. The Labute approximate surface area is 128 Å². The molecule has 0 atom stereocenters. The number of benzene rings is 1. The van der Waals surface area contributed by atoms with Gasteiger partial charge in [0.15, 0.2) is 17.5 Å². The standard InChI is InChI=1S/C13H13BrF2N4O/c1-2-3-21-13-10(17)12(18-6-19-13)20-11-8(15)4-7(14)5-9(11)16/h4-6H,2-3,17H2,1H3,(H,18,19,20). The van der Waals surface area contributed by atoms with Crippen molar-refractivity contribution in [3.8, 4) is 5.88 Å². The summed E-state index contributed by atoms with van der Waals surface area (Å²) in [4.78, 5) is 7.76. The Kier molecular flexibility index (Phi) is 4.89. The molecule has 0 saturated carbocycles. The summed E-state index contributed by atoms with van der Waals surface area (Å²) in [6.07, 6.45) is 1.99. The van der Waals surface area contributed by atoms with Crippen molar-refractivity contribution in [2.75, 3.05) is 17.7 Å². The van der Waals surface area contributed by atoms with Gasteiger partial charge in [0.25, 0.3) is 0 Å². The monoisotopic (exact) mass is 358 g/mol. The number of aromatic nitrogens is 2. The van der Waals surface area contributed by atoms with E-state index >= 15 is 0 Å². The SMILES string of the molecule is CCCOc1ncnc(Nc2c(F)cc(Br)cc2F)c1N. The average Bonchev–Trinajstić information content (AvgIpc) is 2.43. The van der Waals surface area contributed by atoms with E-state index < -0.39 is 11.6 Å². The molecule has 0 amide bonds. The lowest BCUT2D eigenvalue weighted by Gasteiger charge is -2.12. The molecule has 2 aromatic rings. The summed E-state index contributed by atoms with van der Waals surface area (Å²) in [5.41, 5.74) is 5.58. The summed E-state index contributed by atoms with van der Waals surface area (Å²) >= 11 is 3.01. The van der Waals surface area contributed by atoms with Crippen molar-refractivity contribution in [2.45, 2.75) is 13.3 Å². The lowest BCUT2D eigenvalue weighted by Crippen LogP contribution is -2.07. The molecule has 0 fully saturated rings. The predicted octanol–water partition coefficient (Wildman–Crippen LogP) is 3.63. The van der Waals surface area contributed by atoms with Gasteiger partial charge in [0.2, 0.25) is 5.88 Å². The fourth-order valence-corrected chi connectivity index (χ4v) is 1.97. The molecule has 1 aromatic carbocycles. The highest BCUT2D eigenvalue weighted by molar-refractivity contribution is 9.10. The molecule has 2 rings (SSSR count). The van der Waals surface area contributed by atoms with E-state index in [1.54, 1.807) is 0 Å². The largest absolute Gasteiger partial charge is 0.476 e. The molecule has 0 aliphatic rings. The first-order chi connectivity index (χ1) is 10.0. The highest BCUT2D eigenvalue weighted by Crippen LogP contribution is 2.31. The molecule has 0 unspecified atom stereocenters. The quantitative estimate of drug-likeness (QED) is 0.853. The minimum absolute atomic E-state index is 0.0798. The normalized spacial score (nSPS) is 10.5. The van der Waals surface area contributed by atoms with Crippen LogP contribution in [0.25, 0.3) is 0 Å². The van der Waals surface area contributed by atoms with Crippen LogP contribution in [0.2, 0.25) is 0 Å². The van der Waals surface area contributed by atoms with Crippen molar-refractivity contribution >= 4 is 33.1 Å². The van der Waals surface area contributed by atoms with Crippen LogP contribution in [0.5, 0.6) is 5.88 Å². The van der Waals surface area contributed by atoms with Crippen LogP contribution >= 0.6 is 15.9 Å². The van der Waals surface area contributed by atoms with Crippen molar-refractivity contribution in [1.82, 2.24) is 9.97 Å².